The molecule has 0 saturated carbocycles. The van der Waals surface area contributed by atoms with Gasteiger partial charge < -0.3 is 15.4 Å². The molecule has 0 spiro atoms. The number of benzene rings is 1. The smallest absolute Gasteiger partial charge is 0.227 e. The molecule has 0 atom stereocenters. The highest BCUT2D eigenvalue weighted by Crippen LogP contribution is 2.22. The van der Waals surface area contributed by atoms with Gasteiger partial charge in [-0.25, -0.2) is 0 Å². The van der Waals surface area contributed by atoms with E-state index >= 15 is 0 Å². The van der Waals surface area contributed by atoms with E-state index in [0.717, 1.165) is 5.56 Å². The Balaban J connectivity index is 3.10. The molecule has 128 valence electrons. The van der Waals surface area contributed by atoms with Gasteiger partial charge >= 0.3 is 0 Å². The standard InChI is InChI=1S/C18H28N2O3/c1-17(2,3)15(21)19-14(20-16(22)18(4,5)6)12-9-8-10-13(11-12)23-7/h8-11,14H,1-7H3,(H,19,21)(H,20,22). The Labute approximate surface area is 138 Å². The minimum absolute atomic E-state index is 0.139. The van der Waals surface area contributed by atoms with Gasteiger partial charge in [0.25, 0.3) is 0 Å². The molecule has 0 aliphatic heterocycles. The van der Waals surface area contributed by atoms with Crippen molar-refractivity contribution >= 4 is 11.8 Å². The van der Waals surface area contributed by atoms with E-state index in [1.165, 1.54) is 0 Å². The van der Waals surface area contributed by atoms with Crippen LogP contribution in [0, 0.1) is 10.8 Å². The average molecular weight is 320 g/mol. The van der Waals surface area contributed by atoms with Gasteiger partial charge in [0.15, 0.2) is 0 Å². The monoisotopic (exact) mass is 320 g/mol. The van der Waals surface area contributed by atoms with E-state index in [2.05, 4.69) is 10.6 Å². The molecule has 23 heavy (non-hydrogen) atoms. The highest BCUT2D eigenvalue weighted by molar-refractivity contribution is 5.84. The first kappa shape index (κ1) is 19.0. The third kappa shape index (κ3) is 5.58. The third-order valence-electron chi connectivity index (χ3n) is 3.34. The van der Waals surface area contributed by atoms with Gasteiger partial charge in [0.05, 0.1) is 7.11 Å². The number of nitrogens with one attached hydrogen (secondary N) is 2. The van der Waals surface area contributed by atoms with Crippen LogP contribution in [0.1, 0.15) is 53.3 Å². The number of ether oxygens (including phenoxy) is 1. The zero-order chi connectivity index (χ0) is 17.8. The Bertz CT molecular complexity index is 540. The molecule has 5 heteroatoms. The van der Waals surface area contributed by atoms with Crippen LogP contribution < -0.4 is 15.4 Å². The lowest BCUT2D eigenvalue weighted by molar-refractivity contribution is -0.132. The third-order valence-corrected chi connectivity index (χ3v) is 3.34. The van der Waals surface area contributed by atoms with Crippen molar-refractivity contribution in [1.29, 1.82) is 0 Å². The van der Waals surface area contributed by atoms with Crippen LogP contribution in [0.4, 0.5) is 0 Å². The van der Waals surface area contributed by atoms with E-state index in [9.17, 15) is 9.59 Å². The summed E-state index contributed by atoms with van der Waals surface area (Å²) in [5, 5.41) is 5.80. The first-order valence-corrected chi connectivity index (χ1v) is 7.71. The van der Waals surface area contributed by atoms with Crippen molar-refractivity contribution in [2.24, 2.45) is 10.8 Å². The molecule has 2 amide bonds. The van der Waals surface area contributed by atoms with E-state index < -0.39 is 17.0 Å². The van der Waals surface area contributed by atoms with E-state index in [1.807, 2.05) is 59.7 Å². The number of carbonyl (C=O) groups excluding carboxylic acids is 2. The van der Waals surface area contributed by atoms with Gasteiger partial charge in [-0.1, -0.05) is 53.7 Å². The Hall–Kier alpha value is -2.04. The van der Waals surface area contributed by atoms with Crippen molar-refractivity contribution in [1.82, 2.24) is 10.6 Å². The second-order valence-electron chi connectivity index (χ2n) is 7.66. The van der Waals surface area contributed by atoms with Crippen LogP contribution in [0.15, 0.2) is 24.3 Å². The fourth-order valence-corrected chi connectivity index (χ4v) is 1.72. The zero-order valence-corrected chi connectivity index (χ0v) is 15.1. The summed E-state index contributed by atoms with van der Waals surface area (Å²) in [6.07, 6.45) is -0.608. The maximum absolute atomic E-state index is 12.3. The fourth-order valence-electron chi connectivity index (χ4n) is 1.72. The number of carbonyl (C=O) groups is 2. The summed E-state index contributed by atoms with van der Waals surface area (Å²) in [6, 6.07) is 7.29. The molecule has 0 unspecified atom stereocenters. The molecule has 0 saturated heterocycles. The molecule has 0 aliphatic rings. The highest BCUT2D eigenvalue weighted by Gasteiger charge is 2.29. The molecule has 0 heterocycles. The van der Waals surface area contributed by atoms with E-state index in [0.29, 0.717) is 5.75 Å². The second-order valence-corrected chi connectivity index (χ2v) is 7.66. The van der Waals surface area contributed by atoms with Crippen molar-refractivity contribution in [2.45, 2.75) is 47.7 Å². The van der Waals surface area contributed by atoms with Crippen molar-refractivity contribution in [3.8, 4) is 5.75 Å². The lowest BCUT2D eigenvalue weighted by atomic mass is 9.94. The average Bonchev–Trinajstić information content (AvgIpc) is 2.44. The quantitative estimate of drug-likeness (QED) is 0.838. The Morgan fingerprint density at radius 2 is 1.43 bits per heavy atom. The van der Waals surface area contributed by atoms with Gasteiger partial charge in [0.2, 0.25) is 11.8 Å². The van der Waals surface area contributed by atoms with Crippen LogP contribution in [0.3, 0.4) is 0 Å². The summed E-state index contributed by atoms with van der Waals surface area (Å²) >= 11 is 0. The first-order valence-electron chi connectivity index (χ1n) is 7.71. The first-order chi connectivity index (χ1) is 10.4. The van der Waals surface area contributed by atoms with Crippen LogP contribution in [0.5, 0.6) is 5.75 Å². The molecular weight excluding hydrogens is 292 g/mol. The molecule has 1 aromatic carbocycles. The topological polar surface area (TPSA) is 67.4 Å². The van der Waals surface area contributed by atoms with E-state index in [4.69, 9.17) is 4.74 Å². The summed E-state index contributed by atoms with van der Waals surface area (Å²) in [7, 11) is 1.58. The number of methoxy groups -OCH3 is 1. The van der Waals surface area contributed by atoms with E-state index in [-0.39, 0.29) is 11.8 Å². The van der Waals surface area contributed by atoms with Crippen molar-refractivity contribution in [3.63, 3.8) is 0 Å². The van der Waals surface area contributed by atoms with Gasteiger partial charge in [-0.2, -0.15) is 0 Å². The van der Waals surface area contributed by atoms with Crippen LogP contribution in [-0.4, -0.2) is 18.9 Å². The molecule has 0 fully saturated rings. The van der Waals surface area contributed by atoms with Gasteiger partial charge in [0.1, 0.15) is 11.9 Å². The number of hydrogen-bond acceptors (Lipinski definition) is 3. The van der Waals surface area contributed by atoms with Gasteiger partial charge in [-0.3, -0.25) is 9.59 Å². The summed E-state index contributed by atoms with van der Waals surface area (Å²) < 4.78 is 5.22. The fraction of sp³-hybridized carbons (Fsp3) is 0.556. The molecule has 0 radical (unpaired) electrons. The molecule has 5 nitrogen and oxygen atoms in total. The lowest BCUT2D eigenvalue weighted by Crippen LogP contribution is -2.47. The summed E-state index contributed by atoms with van der Waals surface area (Å²) in [4.78, 5) is 24.7. The van der Waals surface area contributed by atoms with Crippen molar-refractivity contribution in [2.75, 3.05) is 7.11 Å². The maximum Gasteiger partial charge on any atom is 0.227 e. The highest BCUT2D eigenvalue weighted by atomic mass is 16.5. The van der Waals surface area contributed by atoms with Crippen LogP contribution >= 0.6 is 0 Å². The predicted molar refractivity (Wildman–Crippen MR) is 90.9 cm³/mol. The number of amides is 2. The van der Waals surface area contributed by atoms with Crippen molar-refractivity contribution in [3.05, 3.63) is 29.8 Å². The van der Waals surface area contributed by atoms with Gasteiger partial charge in [-0.15, -0.1) is 0 Å². The number of hydrogen-bond donors (Lipinski definition) is 2. The molecule has 2 N–H and O–H groups in total. The molecule has 0 bridgehead atoms. The normalized spacial score (nSPS) is 12.0. The van der Waals surface area contributed by atoms with Crippen molar-refractivity contribution < 1.29 is 14.3 Å². The SMILES string of the molecule is COc1cccc(C(NC(=O)C(C)(C)C)NC(=O)C(C)(C)C)c1. The summed E-state index contributed by atoms with van der Waals surface area (Å²) in [6.45, 7) is 11.0. The Morgan fingerprint density at radius 1 is 0.957 bits per heavy atom. The van der Waals surface area contributed by atoms with E-state index in [1.54, 1.807) is 13.2 Å². The Kier molecular flexibility index (Phi) is 5.81. The molecule has 1 aromatic rings. The van der Waals surface area contributed by atoms with Crippen LogP contribution in [-0.2, 0) is 9.59 Å². The van der Waals surface area contributed by atoms with Crippen LogP contribution in [0.25, 0.3) is 0 Å². The van der Waals surface area contributed by atoms with Crippen LogP contribution in [0.2, 0.25) is 0 Å². The minimum atomic E-state index is -0.608. The molecule has 1 rings (SSSR count). The lowest BCUT2D eigenvalue weighted by Gasteiger charge is -2.28. The summed E-state index contributed by atoms with van der Waals surface area (Å²) in [5.74, 6) is 0.390. The Morgan fingerprint density at radius 3 is 1.83 bits per heavy atom. The second kappa shape index (κ2) is 7.02. The minimum Gasteiger partial charge on any atom is -0.497 e. The van der Waals surface area contributed by atoms with Gasteiger partial charge in [0, 0.05) is 10.8 Å². The summed E-state index contributed by atoms with van der Waals surface area (Å²) in [5.41, 5.74) is -0.341. The number of rotatable bonds is 4. The maximum atomic E-state index is 12.3. The predicted octanol–water partition coefficient (Wildman–Crippen LogP) is 3.02. The van der Waals surface area contributed by atoms with Gasteiger partial charge in [-0.05, 0) is 17.7 Å². The largest absolute Gasteiger partial charge is 0.497 e. The molecule has 0 aliphatic carbocycles. The molecular formula is C18H28N2O3. The zero-order valence-electron chi connectivity index (χ0n) is 15.1. The molecule has 0 aromatic heterocycles.